The lowest BCUT2D eigenvalue weighted by atomic mass is 9.78. The van der Waals surface area contributed by atoms with Gasteiger partial charge in [0.2, 0.25) is 11.4 Å². The van der Waals surface area contributed by atoms with Crippen LogP contribution >= 0.6 is 0 Å². The number of nitrogens with zero attached hydrogens (tertiary/aromatic N) is 1. The van der Waals surface area contributed by atoms with Crippen LogP contribution in [0.15, 0.2) is 40.5 Å². The zero-order valence-corrected chi connectivity index (χ0v) is 24.0. The van der Waals surface area contributed by atoms with Crippen LogP contribution < -0.4 is 16.2 Å². The summed E-state index contributed by atoms with van der Waals surface area (Å²) in [4.78, 5) is 41.2. The van der Waals surface area contributed by atoms with E-state index < -0.39 is 38.2 Å². The SMILES string of the molecule is CCC1(OC(=O)CCN)C(=O)OCC2=C1CC1=C(C2=O)N2Cc3c(cc(O)cc3[Si](C)(C)CCC(F)(F)F)C=C2N1. The summed E-state index contributed by atoms with van der Waals surface area (Å²) >= 11 is 0. The van der Waals surface area contributed by atoms with Crippen LogP contribution in [0, 0.1) is 0 Å². The van der Waals surface area contributed by atoms with E-state index in [0.29, 0.717) is 33.5 Å². The van der Waals surface area contributed by atoms with Gasteiger partial charge in [0.25, 0.3) is 0 Å². The number of phenols is 1. The fourth-order valence-corrected chi connectivity index (χ4v) is 8.85. The van der Waals surface area contributed by atoms with Crippen molar-refractivity contribution in [2.75, 3.05) is 13.2 Å². The third-order valence-corrected chi connectivity index (χ3v) is 11.7. The number of aromatic hydroxyl groups is 1. The van der Waals surface area contributed by atoms with Gasteiger partial charge in [-0.3, -0.25) is 9.59 Å². The number of alkyl halides is 3. The van der Waals surface area contributed by atoms with E-state index in [1.165, 1.54) is 0 Å². The van der Waals surface area contributed by atoms with Gasteiger partial charge < -0.3 is 30.5 Å². The number of benzene rings is 1. The van der Waals surface area contributed by atoms with Crippen LogP contribution in [0.5, 0.6) is 5.75 Å². The number of ketones is 1. The normalized spacial score (nSPS) is 21.9. The van der Waals surface area contributed by atoms with Crippen LogP contribution in [0.3, 0.4) is 0 Å². The molecule has 0 saturated heterocycles. The van der Waals surface area contributed by atoms with Crippen molar-refractivity contribution in [2.24, 2.45) is 5.73 Å². The highest BCUT2D eigenvalue weighted by molar-refractivity contribution is 6.90. The molecule has 4 aliphatic rings. The summed E-state index contributed by atoms with van der Waals surface area (Å²) in [6.45, 7) is 5.34. The van der Waals surface area contributed by atoms with Crippen molar-refractivity contribution in [1.82, 2.24) is 10.2 Å². The maximum absolute atomic E-state index is 13.9. The average Bonchev–Trinajstić information content (AvgIpc) is 3.25. The number of hydrogen-bond donors (Lipinski definition) is 3. The summed E-state index contributed by atoms with van der Waals surface area (Å²) in [5, 5.41) is 14.4. The highest BCUT2D eigenvalue weighted by Gasteiger charge is 2.54. The summed E-state index contributed by atoms with van der Waals surface area (Å²) in [6, 6.07) is 3.07. The van der Waals surface area contributed by atoms with Crippen LogP contribution in [0.1, 0.15) is 43.7 Å². The molecule has 4 N–H and O–H groups in total. The Morgan fingerprint density at radius 2 is 2.02 bits per heavy atom. The van der Waals surface area contributed by atoms with Gasteiger partial charge in [-0.15, -0.1) is 0 Å². The van der Waals surface area contributed by atoms with Crippen LogP contribution in [-0.2, 0) is 30.4 Å². The second-order valence-electron chi connectivity index (χ2n) is 11.4. The number of fused-ring (bicyclic) bond motifs is 3. The molecule has 1 aromatic rings. The predicted molar refractivity (Wildman–Crippen MR) is 145 cm³/mol. The Balaban J connectivity index is 1.51. The lowest BCUT2D eigenvalue weighted by molar-refractivity contribution is -0.180. The highest BCUT2D eigenvalue weighted by atomic mass is 28.3. The molecule has 1 atom stereocenters. The van der Waals surface area contributed by atoms with E-state index in [1.807, 2.05) is 13.1 Å². The largest absolute Gasteiger partial charge is 0.508 e. The molecule has 13 heteroatoms. The number of cyclic esters (lactones) is 1. The molecule has 1 aliphatic carbocycles. The fraction of sp³-hybridized carbons (Fsp3) is 0.464. The van der Waals surface area contributed by atoms with Gasteiger partial charge in [-0.1, -0.05) is 25.2 Å². The van der Waals surface area contributed by atoms with Gasteiger partial charge in [0.05, 0.1) is 21.0 Å². The number of esters is 2. The van der Waals surface area contributed by atoms with E-state index in [-0.39, 0.29) is 62.1 Å². The molecule has 41 heavy (non-hydrogen) atoms. The maximum atomic E-state index is 13.9. The topological polar surface area (TPSA) is 131 Å². The van der Waals surface area contributed by atoms with Gasteiger partial charge in [-0.25, -0.2) is 4.79 Å². The minimum Gasteiger partial charge on any atom is -0.508 e. The van der Waals surface area contributed by atoms with Gasteiger partial charge >= 0.3 is 18.1 Å². The van der Waals surface area contributed by atoms with E-state index in [0.717, 1.165) is 5.56 Å². The Kier molecular flexibility index (Phi) is 7.09. The minimum atomic E-state index is -4.29. The van der Waals surface area contributed by atoms with E-state index in [4.69, 9.17) is 15.2 Å². The molecule has 0 amide bonds. The van der Waals surface area contributed by atoms with Gasteiger partial charge in [0.1, 0.15) is 23.9 Å². The number of allylic oxidation sites excluding steroid dienone is 2. The van der Waals surface area contributed by atoms with Gasteiger partial charge in [0, 0.05) is 36.2 Å². The number of hydrogen-bond acceptors (Lipinski definition) is 9. The summed E-state index contributed by atoms with van der Waals surface area (Å²) in [6.07, 6.45) is -3.35. The predicted octanol–water partition coefficient (Wildman–Crippen LogP) is 3.06. The maximum Gasteiger partial charge on any atom is 0.388 e. The monoisotopic (exact) mass is 591 g/mol. The van der Waals surface area contributed by atoms with Crippen LogP contribution in [-0.4, -0.2) is 60.7 Å². The Labute approximate surface area is 235 Å². The van der Waals surface area contributed by atoms with E-state index >= 15 is 0 Å². The number of rotatable bonds is 7. The van der Waals surface area contributed by atoms with Crippen molar-refractivity contribution >= 4 is 37.1 Å². The third kappa shape index (κ3) is 4.94. The second kappa shape index (κ2) is 10.1. The van der Waals surface area contributed by atoms with Crippen LogP contribution in [0.4, 0.5) is 13.2 Å². The first-order valence-corrected chi connectivity index (χ1v) is 16.7. The van der Waals surface area contributed by atoms with Crippen LogP contribution in [0.25, 0.3) is 6.08 Å². The van der Waals surface area contributed by atoms with E-state index in [2.05, 4.69) is 5.32 Å². The minimum absolute atomic E-state index is 0.0342. The number of carbonyl (C=O) groups is 3. The highest BCUT2D eigenvalue weighted by Crippen LogP contribution is 2.46. The summed E-state index contributed by atoms with van der Waals surface area (Å²) in [7, 11) is -2.67. The summed E-state index contributed by atoms with van der Waals surface area (Å²) in [5.74, 6) is -1.27. The van der Waals surface area contributed by atoms with Crippen molar-refractivity contribution in [3.8, 4) is 5.75 Å². The molecule has 1 unspecified atom stereocenters. The average molecular weight is 592 g/mol. The first kappa shape index (κ1) is 28.9. The standard InChI is InChI=1S/C28H32F3N3O6Si/c1-4-27(40-23(36)5-7-32)19-12-20-24(25(37)18(19)14-39-26(27)38)34-13-17-15(10-22(34)33-20)9-16(35)11-21(17)41(2,3)8-6-28(29,30)31/h9-11,33,35H,4-8,12-14,32H2,1-3H3. The molecule has 3 aliphatic heterocycles. The summed E-state index contributed by atoms with van der Waals surface area (Å²) < 4.78 is 50.3. The molecule has 9 nitrogen and oxygen atoms in total. The Hall–Kier alpha value is -3.58. The summed E-state index contributed by atoms with van der Waals surface area (Å²) in [5.41, 5.74) is 6.65. The zero-order valence-electron chi connectivity index (χ0n) is 23.0. The number of nitrogens with two attached hydrogens (primary N) is 1. The lowest BCUT2D eigenvalue weighted by Gasteiger charge is -2.39. The molecule has 0 saturated carbocycles. The van der Waals surface area contributed by atoms with Gasteiger partial charge in [0.15, 0.2) is 0 Å². The van der Waals surface area contributed by atoms with Gasteiger partial charge in [-0.05, 0) is 41.8 Å². The Bertz CT molecular complexity index is 1450. The number of carbonyl (C=O) groups excluding carboxylic acids is 3. The number of ether oxygens (including phenoxy) is 2. The van der Waals surface area contributed by atoms with Crippen molar-refractivity contribution in [2.45, 2.75) is 70.1 Å². The molecular weight excluding hydrogens is 559 g/mol. The number of phenolic OH excluding ortho intramolecular Hbond substituents is 1. The van der Waals surface area contributed by atoms with E-state index in [1.54, 1.807) is 30.0 Å². The molecule has 1 aromatic carbocycles. The number of halogens is 3. The number of nitrogens with one attached hydrogen (secondary N) is 1. The molecule has 0 fully saturated rings. The fourth-order valence-electron chi connectivity index (χ4n) is 6.09. The first-order chi connectivity index (χ1) is 19.2. The Morgan fingerprint density at radius 3 is 2.68 bits per heavy atom. The molecule has 3 heterocycles. The Morgan fingerprint density at radius 1 is 1.29 bits per heavy atom. The van der Waals surface area contributed by atoms with Crippen LogP contribution in [0.2, 0.25) is 19.1 Å². The van der Waals surface area contributed by atoms with Crippen molar-refractivity contribution in [3.63, 3.8) is 0 Å². The first-order valence-electron chi connectivity index (χ1n) is 13.5. The lowest BCUT2D eigenvalue weighted by Crippen LogP contribution is -2.51. The number of Topliss-reactive ketones (excluding diaryl/α,β-unsaturated/α-hetero) is 1. The van der Waals surface area contributed by atoms with Crippen molar-refractivity contribution < 1.29 is 42.1 Å². The van der Waals surface area contributed by atoms with E-state index in [9.17, 15) is 32.7 Å². The molecule has 0 bridgehead atoms. The smallest absolute Gasteiger partial charge is 0.388 e. The quantitative estimate of drug-likeness (QED) is 0.324. The van der Waals surface area contributed by atoms with Crippen molar-refractivity contribution in [3.05, 3.63) is 51.6 Å². The molecule has 0 radical (unpaired) electrons. The molecule has 5 rings (SSSR count). The third-order valence-electron chi connectivity index (χ3n) is 8.27. The van der Waals surface area contributed by atoms with Crippen molar-refractivity contribution in [1.29, 1.82) is 0 Å². The molecule has 0 aromatic heterocycles. The van der Waals surface area contributed by atoms with Gasteiger partial charge in [-0.2, -0.15) is 13.2 Å². The molecule has 0 spiro atoms. The molecular formula is C28H32F3N3O6Si. The zero-order chi connectivity index (χ0) is 29.9. The molecule has 220 valence electrons. The second-order valence-corrected chi connectivity index (χ2v) is 16.2.